The molecule has 4 rings (SSSR count). The van der Waals surface area contributed by atoms with Crippen molar-refractivity contribution < 1.29 is 4.39 Å². The third-order valence-corrected chi connectivity index (χ3v) is 4.98. The minimum absolute atomic E-state index is 0.224. The van der Waals surface area contributed by atoms with E-state index in [-0.39, 0.29) is 11.4 Å². The zero-order chi connectivity index (χ0) is 18.8. The lowest BCUT2D eigenvalue weighted by atomic mass is 10.1. The van der Waals surface area contributed by atoms with Crippen molar-refractivity contribution in [2.24, 2.45) is 0 Å². The predicted molar refractivity (Wildman–Crippen MR) is 106 cm³/mol. The normalized spacial score (nSPS) is 14.4. The molecule has 27 heavy (non-hydrogen) atoms. The van der Waals surface area contributed by atoms with Gasteiger partial charge in [0.1, 0.15) is 5.82 Å². The number of nitrogens with one attached hydrogen (secondary N) is 1. The number of piperazine rings is 1. The summed E-state index contributed by atoms with van der Waals surface area (Å²) in [6.07, 6.45) is 0. The number of anilines is 2. The fraction of sp³-hybridized carbons (Fsp3) is 0.200. The zero-order valence-corrected chi connectivity index (χ0v) is 15.3. The third-order valence-electron chi connectivity index (χ3n) is 4.65. The lowest BCUT2D eigenvalue weighted by Crippen LogP contribution is -2.47. The zero-order valence-electron chi connectivity index (χ0n) is 14.5. The van der Waals surface area contributed by atoms with Gasteiger partial charge in [-0.15, -0.1) is 0 Å². The first-order chi connectivity index (χ1) is 13.1. The van der Waals surface area contributed by atoms with E-state index >= 15 is 0 Å². The van der Waals surface area contributed by atoms with Gasteiger partial charge in [0, 0.05) is 42.8 Å². The Balaban J connectivity index is 1.56. The van der Waals surface area contributed by atoms with E-state index in [0.717, 1.165) is 5.56 Å². The Hall–Kier alpha value is -2.86. The summed E-state index contributed by atoms with van der Waals surface area (Å²) in [5, 5.41) is 0.547. The molecule has 0 amide bonds. The Morgan fingerprint density at radius 3 is 2.37 bits per heavy atom. The number of nitrogens with zero attached hydrogens (tertiary/aromatic N) is 3. The Morgan fingerprint density at radius 1 is 0.963 bits per heavy atom. The Labute approximate surface area is 161 Å². The SMILES string of the molecule is O=c1cc(-c2ccccc2Cl)nc(N2CCN(c3ccccc3F)CC2)[nH]1. The van der Waals surface area contributed by atoms with Gasteiger partial charge in [0.05, 0.1) is 11.4 Å². The summed E-state index contributed by atoms with van der Waals surface area (Å²) in [7, 11) is 0. The first kappa shape index (κ1) is 17.5. The van der Waals surface area contributed by atoms with E-state index in [0.29, 0.717) is 48.5 Å². The van der Waals surface area contributed by atoms with Crippen LogP contribution in [0.2, 0.25) is 5.02 Å². The number of aromatic amines is 1. The largest absolute Gasteiger partial charge is 0.366 e. The van der Waals surface area contributed by atoms with Crippen LogP contribution in [0.4, 0.5) is 16.0 Å². The van der Waals surface area contributed by atoms with E-state index in [1.54, 1.807) is 18.2 Å². The average Bonchev–Trinajstić information content (AvgIpc) is 2.68. The van der Waals surface area contributed by atoms with Gasteiger partial charge in [-0.2, -0.15) is 0 Å². The second kappa shape index (κ2) is 7.40. The van der Waals surface area contributed by atoms with Crippen molar-refractivity contribution in [3.63, 3.8) is 0 Å². The van der Waals surface area contributed by atoms with Gasteiger partial charge < -0.3 is 9.80 Å². The first-order valence-corrected chi connectivity index (χ1v) is 9.10. The van der Waals surface area contributed by atoms with Gasteiger partial charge in [0.2, 0.25) is 5.95 Å². The van der Waals surface area contributed by atoms with Gasteiger partial charge in [-0.1, -0.05) is 41.9 Å². The van der Waals surface area contributed by atoms with Crippen LogP contribution in [0.15, 0.2) is 59.4 Å². The molecular weight excluding hydrogens is 367 g/mol. The molecule has 2 aromatic carbocycles. The maximum Gasteiger partial charge on any atom is 0.252 e. The van der Waals surface area contributed by atoms with E-state index in [1.165, 1.54) is 12.1 Å². The van der Waals surface area contributed by atoms with Gasteiger partial charge in [-0.25, -0.2) is 9.37 Å². The van der Waals surface area contributed by atoms with Gasteiger partial charge in [-0.05, 0) is 18.2 Å². The minimum Gasteiger partial charge on any atom is -0.366 e. The number of halogens is 2. The highest BCUT2D eigenvalue weighted by Gasteiger charge is 2.21. The molecule has 1 aliphatic heterocycles. The number of benzene rings is 2. The fourth-order valence-corrected chi connectivity index (χ4v) is 3.50. The van der Waals surface area contributed by atoms with E-state index in [2.05, 4.69) is 9.97 Å². The summed E-state index contributed by atoms with van der Waals surface area (Å²) in [5.74, 6) is 0.281. The van der Waals surface area contributed by atoms with Crippen LogP contribution in [0.25, 0.3) is 11.3 Å². The van der Waals surface area contributed by atoms with Crippen LogP contribution in [0.5, 0.6) is 0 Å². The van der Waals surface area contributed by atoms with E-state index in [1.807, 2.05) is 34.1 Å². The van der Waals surface area contributed by atoms with Crippen LogP contribution in [0, 0.1) is 5.82 Å². The molecular formula is C20H18ClFN4O. The van der Waals surface area contributed by atoms with Gasteiger partial charge >= 0.3 is 0 Å². The van der Waals surface area contributed by atoms with Crippen molar-refractivity contribution in [3.8, 4) is 11.3 Å². The number of H-pyrrole nitrogens is 1. The number of aromatic nitrogens is 2. The van der Waals surface area contributed by atoms with E-state index < -0.39 is 0 Å². The molecule has 1 aromatic heterocycles. The summed E-state index contributed by atoms with van der Waals surface area (Å²) in [6, 6.07) is 15.5. The highest BCUT2D eigenvalue weighted by Crippen LogP contribution is 2.26. The second-order valence-electron chi connectivity index (χ2n) is 6.36. The van der Waals surface area contributed by atoms with Crippen molar-refractivity contribution in [1.82, 2.24) is 9.97 Å². The standard InChI is InChI=1S/C20H18ClFN4O/c21-15-6-2-1-5-14(15)17-13-19(27)24-20(23-17)26-11-9-25(10-12-26)18-8-4-3-7-16(18)22/h1-8,13H,9-12H2,(H,23,24,27). The summed E-state index contributed by atoms with van der Waals surface area (Å²) in [4.78, 5) is 23.5. The Morgan fingerprint density at radius 2 is 1.63 bits per heavy atom. The first-order valence-electron chi connectivity index (χ1n) is 8.72. The number of hydrogen-bond donors (Lipinski definition) is 1. The van der Waals surface area contributed by atoms with Gasteiger partial charge in [0.15, 0.2) is 0 Å². The molecule has 0 unspecified atom stereocenters. The molecule has 2 heterocycles. The van der Waals surface area contributed by atoms with Crippen molar-refractivity contribution in [2.45, 2.75) is 0 Å². The maximum absolute atomic E-state index is 14.0. The number of para-hydroxylation sites is 1. The van der Waals surface area contributed by atoms with Gasteiger partial charge in [0.25, 0.3) is 5.56 Å². The molecule has 3 aromatic rings. The Kier molecular flexibility index (Phi) is 4.81. The lowest BCUT2D eigenvalue weighted by molar-refractivity contribution is 0.594. The molecule has 1 aliphatic rings. The van der Waals surface area contributed by atoms with Crippen molar-refractivity contribution in [1.29, 1.82) is 0 Å². The summed E-state index contributed by atoms with van der Waals surface area (Å²) < 4.78 is 14.0. The molecule has 0 aliphatic carbocycles. The van der Waals surface area contributed by atoms with E-state index in [9.17, 15) is 9.18 Å². The highest BCUT2D eigenvalue weighted by atomic mass is 35.5. The van der Waals surface area contributed by atoms with Gasteiger partial charge in [-0.3, -0.25) is 9.78 Å². The lowest BCUT2D eigenvalue weighted by Gasteiger charge is -2.36. The topological polar surface area (TPSA) is 52.2 Å². The highest BCUT2D eigenvalue weighted by molar-refractivity contribution is 6.33. The van der Waals surface area contributed by atoms with Crippen LogP contribution in [-0.2, 0) is 0 Å². The smallest absolute Gasteiger partial charge is 0.252 e. The molecule has 0 spiro atoms. The third kappa shape index (κ3) is 3.66. The molecule has 0 atom stereocenters. The molecule has 138 valence electrons. The molecule has 7 heteroatoms. The maximum atomic E-state index is 14.0. The summed E-state index contributed by atoms with van der Waals surface area (Å²) in [5.41, 5.74) is 1.63. The van der Waals surface area contributed by atoms with Crippen molar-refractivity contribution >= 4 is 23.2 Å². The number of rotatable bonds is 3. The molecule has 1 saturated heterocycles. The van der Waals surface area contributed by atoms with Crippen molar-refractivity contribution in [2.75, 3.05) is 36.0 Å². The summed E-state index contributed by atoms with van der Waals surface area (Å²) in [6.45, 7) is 2.54. The van der Waals surface area contributed by atoms with Crippen molar-refractivity contribution in [3.05, 3.63) is 75.8 Å². The monoisotopic (exact) mass is 384 g/mol. The quantitative estimate of drug-likeness (QED) is 0.750. The molecule has 1 fully saturated rings. The molecule has 1 N–H and O–H groups in total. The van der Waals surface area contributed by atoms with E-state index in [4.69, 9.17) is 11.6 Å². The molecule has 0 saturated carbocycles. The van der Waals surface area contributed by atoms with Crippen LogP contribution in [0.1, 0.15) is 0 Å². The molecule has 0 radical (unpaired) electrons. The van der Waals surface area contributed by atoms with Crippen LogP contribution in [-0.4, -0.2) is 36.1 Å². The average molecular weight is 385 g/mol. The predicted octanol–water partition coefficient (Wildman–Crippen LogP) is 3.56. The molecule has 0 bridgehead atoms. The second-order valence-corrected chi connectivity index (χ2v) is 6.77. The Bertz CT molecular complexity index is 1010. The van der Waals surface area contributed by atoms with Crippen LogP contribution >= 0.6 is 11.6 Å². The van der Waals surface area contributed by atoms with Crippen LogP contribution < -0.4 is 15.4 Å². The van der Waals surface area contributed by atoms with Crippen LogP contribution in [0.3, 0.4) is 0 Å². The fourth-order valence-electron chi connectivity index (χ4n) is 3.27. The number of hydrogen-bond acceptors (Lipinski definition) is 4. The summed E-state index contributed by atoms with van der Waals surface area (Å²) >= 11 is 6.24. The minimum atomic E-state index is -0.230. The molecule has 5 nitrogen and oxygen atoms in total.